The van der Waals surface area contributed by atoms with Crippen LogP contribution in [0, 0.1) is 0 Å². The zero-order chi connectivity index (χ0) is 34.7. The highest BCUT2D eigenvalue weighted by Gasteiger charge is 2.37. The van der Waals surface area contributed by atoms with Gasteiger partial charge in [0.25, 0.3) is 0 Å². The molecule has 4 heterocycles. The monoisotopic (exact) mass is 703 g/mol. The van der Waals surface area contributed by atoms with Crippen LogP contribution in [0.2, 0.25) is 5.02 Å². The number of hydrogen-bond donors (Lipinski definition) is 4. The standard InChI is InChI=1S/C33H41ClF3N9O3/c34-26-19-21(18-25(28(26)38)33(35,36)37)20-27(30(47)44-16-14-43(15-17-44)23-6-10-39-11-7-23)40-31(48)45-12-8-24(9-13-45)46-32(49)41-29(42-46)22-4-2-1-3-5-22/h1-5,18-19,23-24,27,39H,6-17,20,38H2,(H,40,48)(H,41,42,49)/t27-/m1/s1. The second-order valence-electron chi connectivity index (χ2n) is 12.9. The topological polar surface area (TPSA) is 145 Å². The van der Waals surface area contributed by atoms with E-state index in [0.29, 0.717) is 50.9 Å². The highest BCUT2D eigenvalue weighted by atomic mass is 35.5. The number of nitrogens with zero attached hydrogens (tertiary/aromatic N) is 5. The van der Waals surface area contributed by atoms with Gasteiger partial charge in [0.1, 0.15) is 6.04 Å². The van der Waals surface area contributed by atoms with Crippen LogP contribution in [0.15, 0.2) is 47.3 Å². The van der Waals surface area contributed by atoms with Gasteiger partial charge in [-0.05, 0) is 56.5 Å². The Hall–Kier alpha value is -4.08. The number of likely N-dealkylation sites (tertiary alicyclic amines) is 1. The molecule has 0 spiro atoms. The van der Waals surface area contributed by atoms with Crippen LogP contribution in [0.5, 0.6) is 0 Å². The number of halogens is 4. The maximum absolute atomic E-state index is 14.0. The predicted molar refractivity (Wildman–Crippen MR) is 179 cm³/mol. The van der Waals surface area contributed by atoms with E-state index < -0.39 is 29.5 Å². The van der Waals surface area contributed by atoms with Crippen molar-refractivity contribution in [2.24, 2.45) is 0 Å². The minimum Gasteiger partial charge on any atom is -0.397 e. The van der Waals surface area contributed by atoms with Crippen molar-refractivity contribution in [3.05, 3.63) is 69.1 Å². The zero-order valence-corrected chi connectivity index (χ0v) is 27.8. The van der Waals surface area contributed by atoms with Crippen molar-refractivity contribution in [1.29, 1.82) is 0 Å². The highest BCUT2D eigenvalue weighted by Crippen LogP contribution is 2.38. The van der Waals surface area contributed by atoms with Gasteiger partial charge in [-0.25, -0.2) is 14.3 Å². The van der Waals surface area contributed by atoms with Crippen molar-refractivity contribution in [3.63, 3.8) is 0 Å². The number of carbonyl (C=O) groups excluding carboxylic acids is 2. The highest BCUT2D eigenvalue weighted by molar-refractivity contribution is 6.33. The van der Waals surface area contributed by atoms with Gasteiger partial charge in [-0.1, -0.05) is 41.9 Å². The SMILES string of the molecule is Nc1c(Cl)cc(C[C@@H](NC(=O)N2CCC(n3nc(-c4ccccc4)[nH]c3=O)CC2)C(=O)N2CCN(C3CCNCC3)CC2)cc1C(F)(F)F. The molecule has 0 radical (unpaired) electrons. The number of anilines is 1. The lowest BCUT2D eigenvalue weighted by atomic mass is 10.00. The van der Waals surface area contributed by atoms with Gasteiger partial charge in [0, 0.05) is 57.3 Å². The van der Waals surface area contributed by atoms with Crippen molar-refractivity contribution < 1.29 is 22.8 Å². The number of amides is 3. The third-order valence-corrected chi connectivity index (χ3v) is 10.1. The minimum absolute atomic E-state index is 0.129. The average molecular weight is 704 g/mol. The number of H-pyrrole nitrogens is 1. The molecule has 12 nitrogen and oxygen atoms in total. The molecule has 49 heavy (non-hydrogen) atoms. The van der Waals surface area contributed by atoms with Gasteiger partial charge in [0.15, 0.2) is 5.82 Å². The molecule has 3 saturated heterocycles. The number of piperidine rings is 2. The lowest BCUT2D eigenvalue weighted by molar-refractivity contribution is -0.137. The molecular formula is C33H41ClF3N9O3. The van der Waals surface area contributed by atoms with Crippen LogP contribution in [0.1, 0.15) is 42.9 Å². The Kier molecular flexibility index (Phi) is 10.5. The molecule has 1 atom stereocenters. The Labute approximate surface area is 286 Å². The molecule has 0 unspecified atom stereocenters. The predicted octanol–water partition coefficient (Wildman–Crippen LogP) is 3.35. The van der Waals surface area contributed by atoms with Crippen molar-refractivity contribution in [3.8, 4) is 11.4 Å². The van der Waals surface area contributed by atoms with E-state index >= 15 is 0 Å². The lowest BCUT2D eigenvalue weighted by Crippen LogP contribution is -2.59. The van der Waals surface area contributed by atoms with Crippen molar-refractivity contribution in [2.75, 3.05) is 58.1 Å². The van der Waals surface area contributed by atoms with E-state index in [2.05, 4.69) is 25.6 Å². The average Bonchev–Trinajstić information content (AvgIpc) is 3.51. The number of urea groups is 1. The minimum atomic E-state index is -4.75. The van der Waals surface area contributed by atoms with Crippen LogP contribution >= 0.6 is 11.6 Å². The van der Waals surface area contributed by atoms with E-state index in [1.54, 1.807) is 9.80 Å². The maximum atomic E-state index is 14.0. The first-order valence-corrected chi connectivity index (χ1v) is 17.0. The first-order chi connectivity index (χ1) is 23.5. The van der Waals surface area contributed by atoms with Crippen molar-refractivity contribution in [1.82, 2.24) is 40.1 Å². The summed E-state index contributed by atoms with van der Waals surface area (Å²) in [4.78, 5) is 48.7. The van der Waals surface area contributed by atoms with E-state index in [4.69, 9.17) is 17.3 Å². The van der Waals surface area contributed by atoms with Crippen LogP contribution < -0.4 is 22.1 Å². The van der Waals surface area contributed by atoms with Gasteiger partial charge in [-0.15, -0.1) is 5.10 Å². The molecule has 16 heteroatoms. The molecule has 264 valence electrons. The number of nitrogens with one attached hydrogen (secondary N) is 3. The largest absolute Gasteiger partial charge is 0.418 e. The number of aromatic nitrogens is 3. The van der Waals surface area contributed by atoms with Gasteiger partial charge < -0.3 is 26.2 Å². The summed E-state index contributed by atoms with van der Waals surface area (Å²) < 4.78 is 42.8. The van der Waals surface area contributed by atoms with Crippen LogP contribution in [-0.4, -0.2) is 106 Å². The summed E-state index contributed by atoms with van der Waals surface area (Å²) >= 11 is 6.11. The molecule has 5 N–H and O–H groups in total. The number of carbonyl (C=O) groups is 2. The third kappa shape index (κ3) is 8.05. The Balaban J connectivity index is 1.14. The number of hydrogen-bond acceptors (Lipinski definition) is 7. The second-order valence-corrected chi connectivity index (χ2v) is 13.3. The molecule has 3 fully saturated rings. The first-order valence-electron chi connectivity index (χ1n) is 16.7. The van der Waals surface area contributed by atoms with Gasteiger partial charge in [0.05, 0.1) is 22.3 Å². The number of rotatable bonds is 7. The lowest BCUT2D eigenvalue weighted by Gasteiger charge is -2.42. The van der Waals surface area contributed by atoms with E-state index in [9.17, 15) is 27.6 Å². The number of benzene rings is 2. The summed E-state index contributed by atoms with van der Waals surface area (Å²) in [6, 6.07) is 10.0. The molecule has 3 aromatic rings. The van der Waals surface area contributed by atoms with Gasteiger partial charge in [-0.3, -0.25) is 14.7 Å². The van der Waals surface area contributed by atoms with Crippen LogP contribution in [0.3, 0.4) is 0 Å². The van der Waals surface area contributed by atoms with E-state index in [0.717, 1.165) is 37.6 Å². The molecule has 2 aromatic carbocycles. The zero-order valence-electron chi connectivity index (χ0n) is 27.0. The molecule has 1 aromatic heterocycles. The van der Waals surface area contributed by atoms with Crippen LogP contribution in [-0.2, 0) is 17.4 Å². The fourth-order valence-corrected chi connectivity index (χ4v) is 7.27. The Bertz CT molecular complexity index is 1680. The number of aromatic amines is 1. The molecule has 3 aliphatic heterocycles. The molecule has 3 amide bonds. The van der Waals surface area contributed by atoms with Crippen molar-refractivity contribution in [2.45, 2.75) is 56.4 Å². The summed E-state index contributed by atoms with van der Waals surface area (Å²) in [5, 5.41) is 10.4. The van der Waals surface area contributed by atoms with E-state index in [1.807, 2.05) is 30.3 Å². The molecule has 0 aliphatic carbocycles. The van der Waals surface area contributed by atoms with Gasteiger partial charge >= 0.3 is 17.9 Å². The third-order valence-electron chi connectivity index (χ3n) is 9.77. The van der Waals surface area contributed by atoms with Crippen LogP contribution in [0.25, 0.3) is 11.4 Å². The van der Waals surface area contributed by atoms with Gasteiger partial charge in [-0.2, -0.15) is 13.2 Å². The summed E-state index contributed by atoms with van der Waals surface area (Å²) in [7, 11) is 0. The number of nitrogen functional groups attached to an aromatic ring is 1. The summed E-state index contributed by atoms with van der Waals surface area (Å²) in [6.45, 7) is 4.72. The van der Waals surface area contributed by atoms with E-state index in [1.165, 1.54) is 10.7 Å². The number of nitrogens with two attached hydrogens (primary N) is 1. The molecular weight excluding hydrogens is 663 g/mol. The van der Waals surface area contributed by atoms with Crippen molar-refractivity contribution >= 4 is 29.2 Å². The Morgan fingerprint density at radius 1 is 0.959 bits per heavy atom. The maximum Gasteiger partial charge on any atom is 0.418 e. The van der Waals surface area contributed by atoms with E-state index in [-0.39, 0.29) is 47.7 Å². The normalized spacial score (nSPS) is 19.2. The van der Waals surface area contributed by atoms with Crippen LogP contribution in [0.4, 0.5) is 23.7 Å². The number of alkyl halides is 3. The Morgan fingerprint density at radius 3 is 2.29 bits per heavy atom. The smallest absolute Gasteiger partial charge is 0.397 e. The second kappa shape index (κ2) is 14.8. The number of piperazine rings is 1. The molecule has 0 saturated carbocycles. The Morgan fingerprint density at radius 2 is 1.63 bits per heavy atom. The summed E-state index contributed by atoms with van der Waals surface area (Å²) in [5.74, 6) is 0.0892. The summed E-state index contributed by atoms with van der Waals surface area (Å²) in [6.07, 6.45) is -1.99. The fraction of sp³-hybridized carbons (Fsp3) is 0.515. The molecule has 6 rings (SSSR count). The fourth-order valence-electron chi connectivity index (χ4n) is 7.03. The first kappa shape index (κ1) is 34.8. The molecule has 3 aliphatic rings. The quantitative estimate of drug-likeness (QED) is 0.277. The molecule has 0 bridgehead atoms. The summed E-state index contributed by atoms with van der Waals surface area (Å²) in [5.41, 5.74) is 4.54. The van der Waals surface area contributed by atoms with Gasteiger partial charge in [0.2, 0.25) is 5.91 Å².